The second kappa shape index (κ2) is 9.30. The fourth-order valence-corrected chi connectivity index (χ4v) is 4.48. The first-order valence-corrected chi connectivity index (χ1v) is 11.2. The number of alkyl halides is 3. The van der Waals surface area contributed by atoms with Crippen LogP contribution in [-0.2, 0) is 6.54 Å². The number of benzene rings is 1. The zero-order valence-electron chi connectivity index (χ0n) is 19.0. The van der Waals surface area contributed by atoms with Crippen molar-refractivity contribution >= 4 is 22.5 Å². The summed E-state index contributed by atoms with van der Waals surface area (Å²) in [5, 5.41) is 24.3. The summed E-state index contributed by atoms with van der Waals surface area (Å²) in [6, 6.07) is 6.18. The van der Waals surface area contributed by atoms with Crippen LogP contribution in [-0.4, -0.2) is 91.6 Å². The number of anilines is 1. The van der Waals surface area contributed by atoms with Crippen molar-refractivity contribution < 1.29 is 23.0 Å². The van der Waals surface area contributed by atoms with Gasteiger partial charge in [0.1, 0.15) is 17.7 Å². The first-order valence-electron chi connectivity index (χ1n) is 11.2. The summed E-state index contributed by atoms with van der Waals surface area (Å²) >= 11 is 0. The SMILES string of the molecule is COc1nc(N[C@@H]2CCN(CCO)CC2(F)F)nn2ccc(-c3ccc4nnn(CCF)c4c3)c12. The van der Waals surface area contributed by atoms with E-state index in [1.807, 2.05) is 18.2 Å². The minimum atomic E-state index is -3.02. The molecule has 0 unspecified atom stereocenters. The van der Waals surface area contributed by atoms with Crippen LogP contribution in [0.2, 0.25) is 0 Å². The number of nitrogens with zero attached hydrogens (tertiary/aromatic N) is 7. The molecule has 1 atom stereocenters. The van der Waals surface area contributed by atoms with Crippen molar-refractivity contribution in [3.63, 3.8) is 0 Å². The summed E-state index contributed by atoms with van der Waals surface area (Å²) < 4.78 is 50.9. The number of methoxy groups -OCH3 is 1. The van der Waals surface area contributed by atoms with Crippen LogP contribution in [0.25, 0.3) is 27.7 Å². The van der Waals surface area contributed by atoms with Gasteiger partial charge in [-0.05, 0) is 30.2 Å². The number of β-amino-alcohol motifs (C(OH)–C–C–N with tert-alkyl or cyclic N) is 1. The summed E-state index contributed by atoms with van der Waals surface area (Å²) in [4.78, 5) is 5.90. The van der Waals surface area contributed by atoms with Gasteiger partial charge < -0.3 is 15.2 Å². The van der Waals surface area contributed by atoms with Crippen LogP contribution in [0.4, 0.5) is 19.1 Å². The molecular weight excluding hydrogens is 465 g/mol. The summed E-state index contributed by atoms with van der Waals surface area (Å²) in [7, 11) is 1.45. The summed E-state index contributed by atoms with van der Waals surface area (Å²) in [6.45, 7) is -0.439. The van der Waals surface area contributed by atoms with E-state index in [0.717, 1.165) is 11.1 Å². The molecule has 2 N–H and O–H groups in total. The number of ether oxygens (including phenoxy) is 1. The molecule has 13 heteroatoms. The molecule has 0 bridgehead atoms. The predicted octanol–water partition coefficient (Wildman–Crippen LogP) is 2.23. The van der Waals surface area contributed by atoms with Crippen LogP contribution in [0, 0.1) is 0 Å². The Bertz CT molecular complexity index is 1340. The number of piperidine rings is 1. The molecule has 5 rings (SSSR count). The number of aliphatic hydroxyl groups excluding tert-OH is 1. The number of aromatic nitrogens is 6. The minimum absolute atomic E-state index is 0.0254. The number of rotatable bonds is 8. The first kappa shape index (κ1) is 23.3. The van der Waals surface area contributed by atoms with Crippen LogP contribution in [0.15, 0.2) is 30.5 Å². The van der Waals surface area contributed by atoms with Crippen molar-refractivity contribution in [2.45, 2.75) is 24.9 Å². The second-order valence-corrected chi connectivity index (χ2v) is 8.42. The van der Waals surface area contributed by atoms with Gasteiger partial charge in [-0.3, -0.25) is 4.90 Å². The third-order valence-corrected chi connectivity index (χ3v) is 6.19. The highest BCUT2D eigenvalue weighted by Crippen LogP contribution is 2.34. The average molecular weight is 490 g/mol. The number of hydrogen-bond acceptors (Lipinski definition) is 8. The summed E-state index contributed by atoms with van der Waals surface area (Å²) in [5.74, 6) is -2.77. The highest BCUT2D eigenvalue weighted by Gasteiger charge is 2.45. The van der Waals surface area contributed by atoms with Crippen molar-refractivity contribution in [1.82, 2.24) is 34.5 Å². The molecule has 1 aliphatic rings. The molecule has 0 spiro atoms. The van der Waals surface area contributed by atoms with Gasteiger partial charge in [0, 0.05) is 24.8 Å². The Morgan fingerprint density at radius 2 is 2.11 bits per heavy atom. The molecule has 1 saturated heterocycles. The molecule has 3 aromatic heterocycles. The third kappa shape index (κ3) is 4.36. The number of fused-ring (bicyclic) bond motifs is 2. The number of halogens is 3. The van der Waals surface area contributed by atoms with Crippen molar-refractivity contribution in [1.29, 1.82) is 0 Å². The second-order valence-electron chi connectivity index (χ2n) is 8.42. The van der Waals surface area contributed by atoms with E-state index >= 15 is 0 Å². The zero-order chi connectivity index (χ0) is 24.6. The number of likely N-dealkylation sites (tertiary alicyclic amines) is 1. The van der Waals surface area contributed by atoms with E-state index < -0.39 is 25.2 Å². The lowest BCUT2D eigenvalue weighted by molar-refractivity contribution is -0.0760. The van der Waals surface area contributed by atoms with Gasteiger partial charge in [0.15, 0.2) is 0 Å². The zero-order valence-corrected chi connectivity index (χ0v) is 19.0. The van der Waals surface area contributed by atoms with Crippen molar-refractivity contribution in [2.24, 2.45) is 0 Å². The molecule has 4 heterocycles. The molecule has 0 amide bonds. The number of aliphatic hydroxyl groups is 1. The molecule has 186 valence electrons. The largest absolute Gasteiger partial charge is 0.479 e. The highest BCUT2D eigenvalue weighted by molar-refractivity contribution is 5.89. The monoisotopic (exact) mass is 490 g/mol. The fraction of sp³-hybridized carbons (Fsp3) is 0.455. The van der Waals surface area contributed by atoms with Crippen LogP contribution >= 0.6 is 0 Å². The van der Waals surface area contributed by atoms with E-state index in [0.29, 0.717) is 23.1 Å². The van der Waals surface area contributed by atoms with Crippen LogP contribution in [0.1, 0.15) is 6.42 Å². The van der Waals surface area contributed by atoms with Gasteiger partial charge in [0.25, 0.3) is 5.92 Å². The lowest BCUT2D eigenvalue weighted by Gasteiger charge is -2.38. The van der Waals surface area contributed by atoms with Crippen molar-refractivity contribution in [3.05, 3.63) is 30.5 Å². The number of aryl methyl sites for hydroxylation is 1. The molecule has 10 nitrogen and oxygen atoms in total. The Morgan fingerprint density at radius 3 is 2.86 bits per heavy atom. The predicted molar refractivity (Wildman–Crippen MR) is 123 cm³/mol. The van der Waals surface area contributed by atoms with E-state index in [9.17, 15) is 13.2 Å². The normalized spacial score (nSPS) is 18.4. The van der Waals surface area contributed by atoms with Crippen molar-refractivity contribution in [2.75, 3.05) is 45.3 Å². The molecule has 1 aliphatic heterocycles. The summed E-state index contributed by atoms with van der Waals surface area (Å²) in [5.41, 5.74) is 3.45. The number of hydrogen-bond donors (Lipinski definition) is 2. The quantitative estimate of drug-likeness (QED) is 0.388. The van der Waals surface area contributed by atoms with E-state index in [2.05, 4.69) is 25.7 Å². The molecule has 1 aromatic carbocycles. The van der Waals surface area contributed by atoms with Crippen molar-refractivity contribution in [3.8, 4) is 17.0 Å². The maximum atomic E-state index is 14.7. The van der Waals surface area contributed by atoms with Gasteiger partial charge in [-0.1, -0.05) is 11.3 Å². The molecule has 0 saturated carbocycles. The molecule has 1 fully saturated rings. The first-order chi connectivity index (χ1) is 16.9. The van der Waals surface area contributed by atoms with E-state index in [1.165, 1.54) is 21.2 Å². The average Bonchev–Trinajstić information content (AvgIpc) is 3.44. The van der Waals surface area contributed by atoms with E-state index in [1.54, 1.807) is 12.3 Å². The van der Waals surface area contributed by atoms with E-state index in [4.69, 9.17) is 9.84 Å². The maximum absolute atomic E-state index is 14.7. The van der Waals surface area contributed by atoms with Gasteiger partial charge in [-0.15, -0.1) is 10.2 Å². The Kier molecular flexibility index (Phi) is 6.19. The lowest BCUT2D eigenvalue weighted by Crippen LogP contribution is -2.55. The molecule has 35 heavy (non-hydrogen) atoms. The molecule has 0 aliphatic carbocycles. The standard InChI is InChI=1S/C22H25F3N8O2/c1-35-20-19-15(14-2-3-16-17(12-14)32(9-6-23)30-28-16)4-8-33(19)29-21(27-20)26-18-5-7-31(10-11-34)13-22(18,24)25/h2-4,8,12,18,34H,5-7,9-11,13H2,1H3,(H,26,29)/t18-/m1/s1. The maximum Gasteiger partial charge on any atom is 0.280 e. The smallest absolute Gasteiger partial charge is 0.280 e. The van der Waals surface area contributed by atoms with Gasteiger partial charge in [-0.25, -0.2) is 22.4 Å². The molecule has 4 aromatic rings. The highest BCUT2D eigenvalue weighted by atomic mass is 19.3. The van der Waals surface area contributed by atoms with Gasteiger partial charge in [-0.2, -0.15) is 4.98 Å². The Labute approximate surface area is 198 Å². The van der Waals surface area contributed by atoms with Gasteiger partial charge in [0.05, 0.1) is 38.4 Å². The molecular formula is C22H25F3N8O2. The lowest BCUT2D eigenvalue weighted by atomic mass is 10.0. The van der Waals surface area contributed by atoms with Crippen LogP contribution in [0.3, 0.4) is 0 Å². The topological polar surface area (TPSA) is 106 Å². The Balaban J connectivity index is 1.47. The Hall–Kier alpha value is -3.45. The Morgan fingerprint density at radius 1 is 1.26 bits per heavy atom. The third-order valence-electron chi connectivity index (χ3n) is 6.19. The van der Waals surface area contributed by atoms with Crippen LogP contribution < -0.4 is 10.1 Å². The van der Waals surface area contributed by atoms with Crippen LogP contribution in [0.5, 0.6) is 5.88 Å². The molecule has 0 radical (unpaired) electrons. The summed E-state index contributed by atoms with van der Waals surface area (Å²) in [6.07, 6.45) is 1.87. The van der Waals surface area contributed by atoms with Gasteiger partial charge in [0.2, 0.25) is 11.8 Å². The fourth-order valence-electron chi connectivity index (χ4n) is 4.48. The number of nitrogens with one attached hydrogen (secondary N) is 1. The van der Waals surface area contributed by atoms with Gasteiger partial charge >= 0.3 is 0 Å². The minimum Gasteiger partial charge on any atom is -0.479 e. The van der Waals surface area contributed by atoms with E-state index in [-0.39, 0.29) is 37.9 Å².